The standard InChI is InChI=1S/C24H28N6O2/c1-5-19-15(2)13-17(22(31)27-19)23(32)30-12-6-7-20(30)21-18(16-8-10-25-11-9-16)14-26-24(28-21)29(3)4/h8-11,13-14,20H,5-7,12H2,1-4H3,(H,27,31)/t20-/m1/s1. The first-order valence-electron chi connectivity index (χ1n) is 10.9. The van der Waals surface area contributed by atoms with Crippen molar-refractivity contribution in [3.63, 3.8) is 0 Å². The van der Waals surface area contributed by atoms with Crippen molar-refractivity contribution in [3.05, 3.63) is 69.7 Å². The van der Waals surface area contributed by atoms with Gasteiger partial charge in [-0.3, -0.25) is 14.6 Å². The Kier molecular flexibility index (Phi) is 6.03. The normalized spacial score (nSPS) is 15.8. The molecule has 0 unspecified atom stereocenters. The number of aromatic nitrogens is 4. The summed E-state index contributed by atoms with van der Waals surface area (Å²) in [6, 6.07) is 5.30. The van der Waals surface area contributed by atoms with Crippen LogP contribution in [0.4, 0.5) is 5.95 Å². The van der Waals surface area contributed by atoms with Gasteiger partial charge in [0.05, 0.1) is 11.7 Å². The van der Waals surface area contributed by atoms with Gasteiger partial charge in [-0.25, -0.2) is 9.97 Å². The van der Waals surface area contributed by atoms with Gasteiger partial charge >= 0.3 is 0 Å². The van der Waals surface area contributed by atoms with E-state index in [9.17, 15) is 9.59 Å². The summed E-state index contributed by atoms with van der Waals surface area (Å²) >= 11 is 0. The molecule has 0 radical (unpaired) electrons. The second-order valence-electron chi connectivity index (χ2n) is 8.28. The quantitative estimate of drug-likeness (QED) is 0.666. The highest BCUT2D eigenvalue weighted by molar-refractivity contribution is 5.94. The van der Waals surface area contributed by atoms with Gasteiger partial charge in [-0.15, -0.1) is 0 Å². The highest BCUT2D eigenvalue weighted by Crippen LogP contribution is 2.37. The van der Waals surface area contributed by atoms with Crippen molar-refractivity contribution in [2.45, 2.75) is 39.2 Å². The summed E-state index contributed by atoms with van der Waals surface area (Å²) in [5, 5.41) is 0. The molecular weight excluding hydrogens is 404 g/mol. The summed E-state index contributed by atoms with van der Waals surface area (Å²) in [5.41, 5.74) is 4.22. The van der Waals surface area contributed by atoms with E-state index in [0.29, 0.717) is 18.9 Å². The number of nitrogens with one attached hydrogen (secondary N) is 1. The van der Waals surface area contributed by atoms with Crippen LogP contribution in [0.5, 0.6) is 0 Å². The molecule has 1 atom stereocenters. The van der Waals surface area contributed by atoms with E-state index < -0.39 is 0 Å². The van der Waals surface area contributed by atoms with Crippen molar-refractivity contribution < 1.29 is 4.79 Å². The Hall–Kier alpha value is -3.55. The lowest BCUT2D eigenvalue weighted by Crippen LogP contribution is -2.35. The van der Waals surface area contributed by atoms with Crippen LogP contribution in [-0.4, -0.2) is 51.4 Å². The maximum absolute atomic E-state index is 13.5. The number of aryl methyl sites for hydroxylation is 2. The number of hydrogen-bond acceptors (Lipinski definition) is 6. The predicted molar refractivity (Wildman–Crippen MR) is 124 cm³/mol. The van der Waals surface area contributed by atoms with Crippen LogP contribution >= 0.6 is 0 Å². The second kappa shape index (κ2) is 8.90. The number of amides is 1. The van der Waals surface area contributed by atoms with E-state index in [2.05, 4.69) is 15.0 Å². The molecule has 0 aliphatic carbocycles. The molecule has 8 heteroatoms. The zero-order chi connectivity index (χ0) is 22.8. The smallest absolute Gasteiger partial charge is 0.261 e. The number of aromatic amines is 1. The van der Waals surface area contributed by atoms with Crippen LogP contribution in [0.25, 0.3) is 11.1 Å². The van der Waals surface area contributed by atoms with Crippen LogP contribution < -0.4 is 10.5 Å². The van der Waals surface area contributed by atoms with Gasteiger partial charge in [0.15, 0.2) is 0 Å². The third-order valence-corrected chi connectivity index (χ3v) is 5.96. The third kappa shape index (κ3) is 4.00. The fourth-order valence-electron chi connectivity index (χ4n) is 4.26. The van der Waals surface area contributed by atoms with Crippen molar-refractivity contribution in [2.24, 2.45) is 0 Å². The lowest BCUT2D eigenvalue weighted by Gasteiger charge is -2.27. The molecule has 0 aromatic carbocycles. The number of hydrogen-bond donors (Lipinski definition) is 1. The minimum atomic E-state index is -0.339. The van der Waals surface area contributed by atoms with E-state index in [1.165, 1.54) is 0 Å². The first kappa shape index (κ1) is 21.7. The maximum Gasteiger partial charge on any atom is 0.261 e. The van der Waals surface area contributed by atoms with Crippen molar-refractivity contribution in [1.29, 1.82) is 0 Å². The summed E-state index contributed by atoms with van der Waals surface area (Å²) in [5.74, 6) is 0.322. The molecule has 1 saturated heterocycles. The minimum Gasteiger partial charge on any atom is -0.347 e. The van der Waals surface area contributed by atoms with E-state index >= 15 is 0 Å². The molecular formula is C24H28N6O2. The number of anilines is 1. The molecule has 1 amide bonds. The van der Waals surface area contributed by atoms with Crippen molar-refractivity contribution in [2.75, 3.05) is 25.5 Å². The molecule has 1 aliphatic rings. The fourth-order valence-corrected chi connectivity index (χ4v) is 4.26. The molecule has 4 rings (SSSR count). The highest BCUT2D eigenvalue weighted by Gasteiger charge is 2.35. The molecule has 3 aromatic heterocycles. The Labute approximate surface area is 187 Å². The van der Waals surface area contributed by atoms with Gasteiger partial charge in [0.2, 0.25) is 5.95 Å². The number of carbonyl (C=O) groups excluding carboxylic acids is 1. The van der Waals surface area contributed by atoms with E-state index in [0.717, 1.165) is 40.9 Å². The monoisotopic (exact) mass is 432 g/mol. The van der Waals surface area contributed by atoms with Crippen LogP contribution in [0.1, 0.15) is 53.1 Å². The minimum absolute atomic E-state index is 0.180. The molecule has 32 heavy (non-hydrogen) atoms. The van der Waals surface area contributed by atoms with E-state index in [4.69, 9.17) is 4.98 Å². The molecule has 1 N–H and O–H groups in total. The largest absolute Gasteiger partial charge is 0.347 e. The molecule has 0 bridgehead atoms. The van der Waals surface area contributed by atoms with Gasteiger partial charge in [-0.05, 0) is 55.5 Å². The van der Waals surface area contributed by atoms with Crippen LogP contribution in [0.3, 0.4) is 0 Å². The number of carbonyl (C=O) groups is 1. The van der Waals surface area contributed by atoms with Crippen molar-refractivity contribution >= 4 is 11.9 Å². The van der Waals surface area contributed by atoms with E-state index in [-0.39, 0.29) is 23.1 Å². The maximum atomic E-state index is 13.5. The Bertz CT molecular complexity index is 1190. The Morgan fingerprint density at radius 1 is 1.28 bits per heavy atom. The summed E-state index contributed by atoms with van der Waals surface area (Å²) in [6.07, 6.45) is 7.60. The summed E-state index contributed by atoms with van der Waals surface area (Å²) in [4.78, 5) is 46.1. The van der Waals surface area contributed by atoms with Gasteiger partial charge in [0.1, 0.15) is 5.56 Å². The lowest BCUT2D eigenvalue weighted by atomic mass is 10.00. The molecule has 0 spiro atoms. The van der Waals surface area contributed by atoms with Crippen molar-refractivity contribution in [1.82, 2.24) is 24.8 Å². The number of nitrogens with zero attached hydrogens (tertiary/aromatic N) is 5. The van der Waals surface area contributed by atoms with Gasteiger partial charge in [-0.1, -0.05) is 6.92 Å². The second-order valence-corrected chi connectivity index (χ2v) is 8.28. The zero-order valence-electron chi connectivity index (χ0n) is 18.9. The lowest BCUT2D eigenvalue weighted by molar-refractivity contribution is 0.0731. The Morgan fingerprint density at radius 2 is 2.03 bits per heavy atom. The Morgan fingerprint density at radius 3 is 2.72 bits per heavy atom. The molecule has 1 aliphatic heterocycles. The highest BCUT2D eigenvalue weighted by atomic mass is 16.2. The molecule has 8 nitrogen and oxygen atoms in total. The van der Waals surface area contributed by atoms with Gasteiger partial charge in [0, 0.05) is 50.5 Å². The van der Waals surface area contributed by atoms with Crippen LogP contribution in [-0.2, 0) is 6.42 Å². The van der Waals surface area contributed by atoms with Gasteiger partial charge in [-0.2, -0.15) is 0 Å². The topological polar surface area (TPSA) is 95.1 Å². The predicted octanol–water partition coefficient (Wildman–Crippen LogP) is 3.14. The SMILES string of the molecule is CCc1[nH]c(=O)c(C(=O)N2CCC[C@@H]2c2nc(N(C)C)ncc2-c2ccncc2)cc1C. The third-order valence-electron chi connectivity index (χ3n) is 5.96. The Balaban J connectivity index is 1.78. The fraction of sp³-hybridized carbons (Fsp3) is 0.375. The number of rotatable bonds is 5. The van der Waals surface area contributed by atoms with Crippen molar-refractivity contribution in [3.8, 4) is 11.1 Å². The van der Waals surface area contributed by atoms with Crippen LogP contribution in [0, 0.1) is 6.92 Å². The summed E-state index contributed by atoms with van der Waals surface area (Å²) in [7, 11) is 3.78. The number of H-pyrrole nitrogens is 1. The first-order valence-corrected chi connectivity index (χ1v) is 10.9. The molecule has 166 valence electrons. The van der Waals surface area contributed by atoms with E-state index in [1.54, 1.807) is 29.6 Å². The molecule has 3 aromatic rings. The van der Waals surface area contributed by atoms with E-state index in [1.807, 2.05) is 45.0 Å². The number of pyridine rings is 2. The summed E-state index contributed by atoms with van der Waals surface area (Å²) in [6.45, 7) is 4.48. The van der Waals surface area contributed by atoms with Crippen LogP contribution in [0.15, 0.2) is 41.6 Å². The van der Waals surface area contributed by atoms with Crippen LogP contribution in [0.2, 0.25) is 0 Å². The zero-order valence-corrected chi connectivity index (χ0v) is 18.9. The molecule has 4 heterocycles. The molecule has 0 saturated carbocycles. The molecule has 1 fully saturated rings. The first-order chi connectivity index (χ1) is 15.4. The average Bonchev–Trinajstić information content (AvgIpc) is 3.29. The number of likely N-dealkylation sites (tertiary alicyclic amines) is 1. The van der Waals surface area contributed by atoms with Gasteiger partial charge in [0.25, 0.3) is 11.5 Å². The summed E-state index contributed by atoms with van der Waals surface area (Å²) < 4.78 is 0. The van der Waals surface area contributed by atoms with Gasteiger partial charge < -0.3 is 14.8 Å². The average molecular weight is 433 g/mol.